The average Bonchev–Trinajstić information content (AvgIpc) is 3.47. The third kappa shape index (κ3) is 3.73. The normalized spacial score (nSPS) is 13.3. The van der Waals surface area contributed by atoms with Gasteiger partial charge in [-0.1, -0.05) is 164 Å². The molecule has 0 radical (unpaired) electrons. The summed E-state index contributed by atoms with van der Waals surface area (Å²) in [6.45, 7) is 0. The number of rotatable bonds is 4. The molecule has 10 rings (SSSR count). The highest BCUT2D eigenvalue weighted by atomic mass is 16.5. The second-order valence-electron chi connectivity index (χ2n) is 12.8. The standard InChI is InChI=1S/C47H30O/c1-3-16-33(17-4-1)47(34-18-5-2-6-19-34)41-25-9-7-21-40(41)45-36(22-13-26-42(45)47)32-15-11-14-31(30-32)35-28-29-44-46-38(35)23-12-24-39(46)37-20-8-10-27-43(37)48-44/h1-30H. The van der Waals surface area contributed by atoms with Crippen LogP contribution in [0.4, 0.5) is 0 Å². The lowest BCUT2D eigenvalue weighted by Crippen LogP contribution is -2.28. The van der Waals surface area contributed by atoms with E-state index in [1.165, 1.54) is 72.0 Å². The number of para-hydroxylation sites is 1. The zero-order valence-electron chi connectivity index (χ0n) is 26.2. The minimum Gasteiger partial charge on any atom is -0.456 e. The molecule has 1 heteroatoms. The largest absolute Gasteiger partial charge is 0.456 e. The van der Waals surface area contributed by atoms with E-state index in [1.54, 1.807) is 0 Å². The van der Waals surface area contributed by atoms with Crippen molar-refractivity contribution >= 4 is 10.8 Å². The van der Waals surface area contributed by atoms with Crippen LogP contribution >= 0.6 is 0 Å². The molecule has 0 atom stereocenters. The molecule has 8 aromatic carbocycles. The van der Waals surface area contributed by atoms with Crippen molar-refractivity contribution in [3.63, 3.8) is 0 Å². The van der Waals surface area contributed by atoms with Crippen LogP contribution in [-0.4, -0.2) is 0 Å². The molecule has 1 aliphatic carbocycles. The van der Waals surface area contributed by atoms with Crippen LogP contribution in [0.15, 0.2) is 182 Å². The molecule has 0 spiro atoms. The summed E-state index contributed by atoms with van der Waals surface area (Å²) in [6.07, 6.45) is 0. The van der Waals surface area contributed by atoms with Gasteiger partial charge < -0.3 is 4.74 Å². The summed E-state index contributed by atoms with van der Waals surface area (Å²) < 4.78 is 6.41. The zero-order chi connectivity index (χ0) is 31.7. The first kappa shape index (κ1) is 27.0. The second-order valence-corrected chi connectivity index (χ2v) is 12.8. The Balaban J connectivity index is 1.20. The van der Waals surface area contributed by atoms with E-state index in [9.17, 15) is 0 Å². The number of benzene rings is 8. The van der Waals surface area contributed by atoms with Gasteiger partial charge in [0.2, 0.25) is 0 Å². The van der Waals surface area contributed by atoms with Crippen LogP contribution < -0.4 is 4.74 Å². The van der Waals surface area contributed by atoms with Gasteiger partial charge >= 0.3 is 0 Å². The predicted molar refractivity (Wildman–Crippen MR) is 198 cm³/mol. The molecule has 0 amide bonds. The van der Waals surface area contributed by atoms with Gasteiger partial charge in [-0.3, -0.25) is 0 Å². The molecule has 0 bridgehead atoms. The number of fused-ring (bicyclic) bond motifs is 5. The fraction of sp³-hybridized carbons (Fsp3) is 0.0213. The Morgan fingerprint density at radius 2 is 0.938 bits per heavy atom. The third-order valence-corrected chi connectivity index (χ3v) is 10.4. The van der Waals surface area contributed by atoms with Crippen molar-refractivity contribution < 1.29 is 4.74 Å². The third-order valence-electron chi connectivity index (χ3n) is 10.4. The smallest absolute Gasteiger partial charge is 0.135 e. The molecular weight excluding hydrogens is 581 g/mol. The predicted octanol–water partition coefficient (Wildman–Crippen LogP) is 12.3. The highest BCUT2D eigenvalue weighted by molar-refractivity contribution is 6.10. The molecule has 0 fully saturated rings. The number of ether oxygens (including phenoxy) is 1. The summed E-state index contributed by atoms with van der Waals surface area (Å²) in [5.74, 6) is 1.82. The van der Waals surface area contributed by atoms with E-state index in [0.717, 1.165) is 17.1 Å². The fourth-order valence-electron chi connectivity index (χ4n) is 8.42. The molecule has 224 valence electrons. The molecule has 0 saturated carbocycles. The van der Waals surface area contributed by atoms with Crippen LogP contribution in [-0.2, 0) is 5.41 Å². The van der Waals surface area contributed by atoms with Crippen LogP contribution in [0, 0.1) is 0 Å². The molecular formula is C47H30O. The molecule has 48 heavy (non-hydrogen) atoms. The first-order valence-electron chi connectivity index (χ1n) is 16.6. The van der Waals surface area contributed by atoms with Gasteiger partial charge in [0.15, 0.2) is 0 Å². The molecule has 1 aliphatic heterocycles. The van der Waals surface area contributed by atoms with Crippen molar-refractivity contribution in [1.82, 2.24) is 0 Å². The van der Waals surface area contributed by atoms with Gasteiger partial charge in [-0.25, -0.2) is 0 Å². The monoisotopic (exact) mass is 610 g/mol. The zero-order valence-corrected chi connectivity index (χ0v) is 26.2. The Kier molecular flexibility index (Phi) is 5.86. The average molecular weight is 611 g/mol. The summed E-state index contributed by atoms with van der Waals surface area (Å²) in [5, 5.41) is 2.37. The minimum atomic E-state index is -0.422. The van der Waals surface area contributed by atoms with Crippen LogP contribution in [0.25, 0.3) is 55.3 Å². The summed E-state index contributed by atoms with van der Waals surface area (Å²) in [6, 6.07) is 66.2. The molecule has 1 heterocycles. The molecule has 2 aliphatic rings. The minimum absolute atomic E-state index is 0.422. The molecule has 0 saturated heterocycles. The van der Waals surface area contributed by atoms with Gasteiger partial charge in [-0.15, -0.1) is 0 Å². The maximum absolute atomic E-state index is 6.41. The molecule has 8 aromatic rings. The van der Waals surface area contributed by atoms with E-state index in [1.807, 2.05) is 6.07 Å². The molecule has 0 N–H and O–H groups in total. The van der Waals surface area contributed by atoms with E-state index in [2.05, 4.69) is 176 Å². The first-order valence-corrected chi connectivity index (χ1v) is 16.6. The van der Waals surface area contributed by atoms with Gasteiger partial charge in [-0.2, -0.15) is 0 Å². The first-order chi connectivity index (χ1) is 23.8. The Morgan fingerprint density at radius 1 is 0.354 bits per heavy atom. The van der Waals surface area contributed by atoms with E-state index in [0.29, 0.717) is 0 Å². The topological polar surface area (TPSA) is 9.23 Å². The van der Waals surface area contributed by atoms with E-state index < -0.39 is 5.41 Å². The van der Waals surface area contributed by atoms with Crippen molar-refractivity contribution in [2.24, 2.45) is 0 Å². The van der Waals surface area contributed by atoms with Gasteiger partial charge in [0.1, 0.15) is 11.5 Å². The molecule has 0 aromatic heterocycles. The molecule has 0 unspecified atom stereocenters. The van der Waals surface area contributed by atoms with Crippen LogP contribution in [0.1, 0.15) is 22.3 Å². The highest BCUT2D eigenvalue weighted by Gasteiger charge is 2.46. The maximum Gasteiger partial charge on any atom is 0.135 e. The summed E-state index contributed by atoms with van der Waals surface area (Å²) >= 11 is 0. The van der Waals surface area contributed by atoms with Crippen LogP contribution in [0.2, 0.25) is 0 Å². The van der Waals surface area contributed by atoms with Crippen molar-refractivity contribution in [1.29, 1.82) is 0 Å². The van der Waals surface area contributed by atoms with Crippen molar-refractivity contribution in [2.75, 3.05) is 0 Å². The fourth-order valence-corrected chi connectivity index (χ4v) is 8.42. The van der Waals surface area contributed by atoms with Crippen molar-refractivity contribution in [3.8, 4) is 56.0 Å². The van der Waals surface area contributed by atoms with Crippen molar-refractivity contribution in [2.45, 2.75) is 5.41 Å². The lowest BCUT2D eigenvalue weighted by Gasteiger charge is -2.34. The maximum atomic E-state index is 6.41. The van der Waals surface area contributed by atoms with Crippen LogP contribution in [0.3, 0.4) is 0 Å². The van der Waals surface area contributed by atoms with E-state index >= 15 is 0 Å². The van der Waals surface area contributed by atoms with E-state index in [-0.39, 0.29) is 0 Å². The SMILES string of the molecule is c1ccc(C2(c3ccccc3)c3ccccc3-c3c(-c4cccc(-c5ccc6c7c(cccc57)-c5ccccc5O6)c4)cccc32)cc1. The number of hydrogen-bond donors (Lipinski definition) is 0. The highest BCUT2D eigenvalue weighted by Crippen LogP contribution is 2.58. The Hall–Kier alpha value is -6.18. The summed E-state index contributed by atoms with van der Waals surface area (Å²) in [7, 11) is 0. The van der Waals surface area contributed by atoms with Gasteiger partial charge in [0, 0.05) is 10.9 Å². The summed E-state index contributed by atoms with van der Waals surface area (Å²) in [4.78, 5) is 0. The molecule has 1 nitrogen and oxygen atoms in total. The van der Waals surface area contributed by atoms with Gasteiger partial charge in [0.25, 0.3) is 0 Å². The quantitative estimate of drug-likeness (QED) is 0.193. The second kappa shape index (κ2) is 10.4. The summed E-state index contributed by atoms with van der Waals surface area (Å²) in [5.41, 5.74) is 14.6. The van der Waals surface area contributed by atoms with E-state index in [4.69, 9.17) is 4.74 Å². The Labute approximate surface area is 280 Å². The Bertz CT molecular complexity index is 2490. The Morgan fingerprint density at radius 3 is 1.73 bits per heavy atom. The lowest BCUT2D eigenvalue weighted by molar-refractivity contribution is 0.487. The number of hydrogen-bond acceptors (Lipinski definition) is 1. The van der Waals surface area contributed by atoms with Gasteiger partial charge in [-0.05, 0) is 84.8 Å². The lowest BCUT2D eigenvalue weighted by atomic mass is 9.67. The van der Waals surface area contributed by atoms with Gasteiger partial charge in [0.05, 0.1) is 5.41 Å². The van der Waals surface area contributed by atoms with Crippen molar-refractivity contribution in [3.05, 3.63) is 204 Å². The van der Waals surface area contributed by atoms with Crippen LogP contribution in [0.5, 0.6) is 11.5 Å².